The Labute approximate surface area is 194 Å². The van der Waals surface area contributed by atoms with Gasteiger partial charge < -0.3 is 14.7 Å². The molecule has 3 aliphatic heterocycles. The highest BCUT2D eigenvalue weighted by Gasteiger charge is 2.58. The van der Waals surface area contributed by atoms with Crippen LogP contribution in [0.25, 0.3) is 0 Å². The number of piperazine rings is 1. The van der Waals surface area contributed by atoms with Crippen molar-refractivity contribution in [1.29, 1.82) is 0 Å². The monoisotopic (exact) mass is 452 g/mol. The molecule has 6 nitrogen and oxygen atoms in total. The fourth-order valence-corrected chi connectivity index (χ4v) is 5.69. The summed E-state index contributed by atoms with van der Waals surface area (Å²) >= 11 is 5.98. The Balaban J connectivity index is 1.39. The molecule has 32 heavy (non-hydrogen) atoms. The summed E-state index contributed by atoms with van der Waals surface area (Å²) in [6.45, 7) is 4.49. The third kappa shape index (κ3) is 3.70. The van der Waals surface area contributed by atoms with Gasteiger partial charge in [0.15, 0.2) is 0 Å². The van der Waals surface area contributed by atoms with Crippen molar-refractivity contribution in [3.8, 4) is 0 Å². The quantitative estimate of drug-likeness (QED) is 0.718. The molecule has 3 heterocycles. The minimum absolute atomic E-state index is 0.0328. The van der Waals surface area contributed by atoms with Crippen LogP contribution in [-0.2, 0) is 11.3 Å². The van der Waals surface area contributed by atoms with Crippen LogP contribution in [0.4, 0.5) is 0 Å². The molecule has 0 radical (unpaired) electrons. The minimum atomic E-state index is -0.324. The molecule has 5 rings (SSSR count). The van der Waals surface area contributed by atoms with Gasteiger partial charge in [-0.25, -0.2) is 0 Å². The molecule has 3 fully saturated rings. The van der Waals surface area contributed by atoms with Gasteiger partial charge >= 0.3 is 0 Å². The number of nitrogens with zero attached hydrogens (tertiary/aromatic N) is 4. The topological polar surface area (TPSA) is 47.1 Å². The second kappa shape index (κ2) is 8.50. The first-order valence-corrected chi connectivity index (χ1v) is 11.7. The van der Waals surface area contributed by atoms with Crippen molar-refractivity contribution < 1.29 is 9.59 Å². The zero-order chi connectivity index (χ0) is 22.3. The van der Waals surface area contributed by atoms with Crippen molar-refractivity contribution in [2.45, 2.75) is 31.1 Å². The number of piperidine rings is 1. The molecule has 0 N–H and O–H groups in total. The van der Waals surface area contributed by atoms with E-state index < -0.39 is 0 Å². The Hall–Kier alpha value is -2.41. The highest BCUT2D eigenvalue weighted by Crippen LogP contribution is 2.42. The minimum Gasteiger partial charge on any atom is -0.338 e. The summed E-state index contributed by atoms with van der Waals surface area (Å²) in [6.07, 6.45) is 1.54. The molecule has 168 valence electrons. The summed E-state index contributed by atoms with van der Waals surface area (Å²) in [7, 11) is 2.09. The predicted molar refractivity (Wildman–Crippen MR) is 124 cm³/mol. The molecule has 2 amide bonds. The van der Waals surface area contributed by atoms with Crippen LogP contribution in [0.5, 0.6) is 0 Å². The number of amides is 2. The Kier molecular flexibility index (Phi) is 5.70. The lowest BCUT2D eigenvalue weighted by molar-refractivity contribution is -0.134. The Morgan fingerprint density at radius 3 is 2.38 bits per heavy atom. The van der Waals surface area contributed by atoms with Gasteiger partial charge in [-0.05, 0) is 36.9 Å². The van der Waals surface area contributed by atoms with Crippen molar-refractivity contribution >= 4 is 23.4 Å². The van der Waals surface area contributed by atoms with E-state index in [1.807, 2.05) is 23.1 Å². The van der Waals surface area contributed by atoms with Crippen molar-refractivity contribution in [2.24, 2.45) is 0 Å². The zero-order valence-corrected chi connectivity index (χ0v) is 19.2. The van der Waals surface area contributed by atoms with Crippen LogP contribution in [0.1, 0.15) is 28.8 Å². The van der Waals surface area contributed by atoms with E-state index in [1.54, 1.807) is 24.3 Å². The summed E-state index contributed by atoms with van der Waals surface area (Å²) in [5.41, 5.74) is 1.48. The van der Waals surface area contributed by atoms with E-state index in [9.17, 15) is 9.59 Å². The van der Waals surface area contributed by atoms with Gasteiger partial charge in [0.1, 0.15) is 11.7 Å². The number of likely N-dealkylation sites (N-methyl/N-ethyl adjacent to an activating group) is 1. The lowest BCUT2D eigenvalue weighted by Crippen LogP contribution is -2.63. The van der Waals surface area contributed by atoms with Crippen molar-refractivity contribution in [1.82, 2.24) is 19.6 Å². The number of rotatable bonds is 3. The average molecular weight is 453 g/mol. The van der Waals surface area contributed by atoms with E-state index in [0.29, 0.717) is 30.2 Å². The average Bonchev–Trinajstić information content (AvgIpc) is 3.02. The highest BCUT2D eigenvalue weighted by molar-refractivity contribution is 6.30. The van der Waals surface area contributed by atoms with Crippen LogP contribution in [0.3, 0.4) is 0 Å². The maximum atomic E-state index is 13.6. The lowest BCUT2D eigenvalue weighted by atomic mass is 9.92. The molecular weight excluding hydrogens is 424 g/mol. The smallest absolute Gasteiger partial charge is 0.253 e. The number of carbonyl (C=O) groups excluding carboxylic acids is 2. The van der Waals surface area contributed by atoms with E-state index >= 15 is 0 Å². The molecule has 0 aromatic heterocycles. The summed E-state index contributed by atoms with van der Waals surface area (Å²) in [6, 6.07) is 17.2. The number of fused-ring (bicyclic) bond motifs is 2. The second-order valence-corrected chi connectivity index (χ2v) is 9.60. The van der Waals surface area contributed by atoms with E-state index in [0.717, 1.165) is 38.0 Å². The van der Waals surface area contributed by atoms with Crippen molar-refractivity contribution in [2.75, 3.05) is 39.8 Å². The van der Waals surface area contributed by atoms with E-state index in [-0.39, 0.29) is 23.5 Å². The molecule has 2 aromatic carbocycles. The number of benzene rings is 2. The summed E-state index contributed by atoms with van der Waals surface area (Å²) in [5.74, 6) is 0.253. The highest BCUT2D eigenvalue weighted by atomic mass is 35.5. The van der Waals surface area contributed by atoms with E-state index in [2.05, 4.69) is 33.9 Å². The lowest BCUT2D eigenvalue weighted by Gasteiger charge is -2.50. The zero-order valence-electron chi connectivity index (χ0n) is 18.4. The van der Waals surface area contributed by atoms with Gasteiger partial charge in [0.05, 0.1) is 0 Å². The maximum Gasteiger partial charge on any atom is 0.253 e. The normalized spacial score (nSPS) is 23.6. The molecule has 1 atom stereocenters. The number of hydrogen-bond donors (Lipinski definition) is 0. The molecule has 0 unspecified atom stereocenters. The molecule has 1 spiro atoms. The largest absolute Gasteiger partial charge is 0.338 e. The molecule has 0 bridgehead atoms. The van der Waals surface area contributed by atoms with Crippen LogP contribution in [0.2, 0.25) is 5.02 Å². The third-order valence-electron chi connectivity index (χ3n) is 7.30. The van der Waals surface area contributed by atoms with E-state index in [1.165, 1.54) is 0 Å². The molecule has 3 aliphatic rings. The van der Waals surface area contributed by atoms with Crippen molar-refractivity contribution in [3.63, 3.8) is 0 Å². The summed E-state index contributed by atoms with van der Waals surface area (Å²) in [5, 5.41) is 0.626. The SMILES string of the molecule is CN1CCN2[C@H](C1)C(=O)N(Cc1ccccc1)C21CCN(C(=O)c2ccc(Cl)cc2)CC1. The first-order chi connectivity index (χ1) is 15.5. The number of hydrogen-bond acceptors (Lipinski definition) is 4. The van der Waals surface area contributed by atoms with Crippen LogP contribution in [0.15, 0.2) is 54.6 Å². The van der Waals surface area contributed by atoms with Gasteiger partial charge in [-0.3, -0.25) is 14.5 Å². The van der Waals surface area contributed by atoms with Crippen LogP contribution >= 0.6 is 11.6 Å². The standard InChI is InChI=1S/C25H29ClN4O2/c1-27-15-16-29-22(18-27)24(32)30(17-19-5-3-2-4-6-19)25(29)11-13-28(14-12-25)23(31)20-7-9-21(26)10-8-20/h2-10,22H,11-18H2,1H3/t22-/m1/s1. The first-order valence-electron chi connectivity index (χ1n) is 11.3. The third-order valence-corrected chi connectivity index (χ3v) is 7.55. The van der Waals surface area contributed by atoms with Crippen LogP contribution in [-0.4, -0.2) is 82.9 Å². The summed E-state index contributed by atoms with van der Waals surface area (Å²) in [4.78, 5) is 35.4. The Bertz CT molecular complexity index is 989. The Morgan fingerprint density at radius 1 is 1.00 bits per heavy atom. The molecule has 3 saturated heterocycles. The van der Waals surface area contributed by atoms with Crippen LogP contribution < -0.4 is 0 Å². The Morgan fingerprint density at radius 2 is 1.69 bits per heavy atom. The molecule has 0 saturated carbocycles. The summed E-state index contributed by atoms with van der Waals surface area (Å²) < 4.78 is 0. The van der Waals surface area contributed by atoms with Gasteiger partial charge in [0, 0.05) is 62.7 Å². The van der Waals surface area contributed by atoms with Gasteiger partial charge in [-0.2, -0.15) is 0 Å². The molecular formula is C25H29ClN4O2. The first kappa shape index (κ1) is 21.4. The van der Waals surface area contributed by atoms with Gasteiger partial charge in [-0.15, -0.1) is 0 Å². The number of carbonyl (C=O) groups is 2. The molecule has 7 heteroatoms. The number of halogens is 1. The van der Waals surface area contributed by atoms with E-state index in [4.69, 9.17) is 11.6 Å². The van der Waals surface area contributed by atoms with Crippen molar-refractivity contribution in [3.05, 3.63) is 70.7 Å². The fourth-order valence-electron chi connectivity index (χ4n) is 5.56. The molecule has 0 aliphatic carbocycles. The van der Waals surface area contributed by atoms with Gasteiger partial charge in [0.25, 0.3) is 5.91 Å². The second-order valence-electron chi connectivity index (χ2n) is 9.16. The maximum absolute atomic E-state index is 13.6. The fraction of sp³-hybridized carbons (Fsp3) is 0.440. The molecule has 2 aromatic rings. The number of likely N-dealkylation sites (tertiary alicyclic amines) is 1. The van der Waals surface area contributed by atoms with Crippen LogP contribution in [0, 0.1) is 0 Å². The predicted octanol–water partition coefficient (Wildman–Crippen LogP) is 2.93. The van der Waals surface area contributed by atoms with Gasteiger partial charge in [0.2, 0.25) is 5.91 Å². The van der Waals surface area contributed by atoms with Gasteiger partial charge in [-0.1, -0.05) is 41.9 Å².